The number of carbonyl (C=O) groups is 2. The van der Waals surface area contributed by atoms with Gasteiger partial charge in [-0.25, -0.2) is 8.42 Å². The van der Waals surface area contributed by atoms with Gasteiger partial charge in [0.2, 0.25) is 11.8 Å². The summed E-state index contributed by atoms with van der Waals surface area (Å²) >= 11 is 0. The van der Waals surface area contributed by atoms with Crippen LogP contribution in [0.15, 0.2) is 89.8 Å². The minimum absolute atomic E-state index is 0.0391. The highest BCUT2D eigenvalue weighted by atomic mass is 32.2. The average Bonchev–Trinajstić information content (AvgIpc) is 2.90. The molecular formula is C30H37N3O5S. The molecule has 0 aliphatic carbocycles. The van der Waals surface area contributed by atoms with E-state index in [1.54, 1.807) is 56.3 Å². The molecule has 3 rings (SSSR count). The molecule has 0 heterocycles. The fourth-order valence-corrected chi connectivity index (χ4v) is 5.46. The van der Waals surface area contributed by atoms with Crippen LogP contribution in [0.4, 0.5) is 5.69 Å². The van der Waals surface area contributed by atoms with Crippen molar-refractivity contribution in [2.45, 2.75) is 57.6 Å². The van der Waals surface area contributed by atoms with Crippen LogP contribution in [0.5, 0.6) is 5.75 Å². The van der Waals surface area contributed by atoms with Crippen LogP contribution in [0.1, 0.15) is 40.2 Å². The number of hydrogen-bond donors (Lipinski definition) is 1. The van der Waals surface area contributed by atoms with Crippen LogP contribution in [-0.4, -0.2) is 49.9 Å². The van der Waals surface area contributed by atoms with Crippen molar-refractivity contribution in [3.8, 4) is 5.75 Å². The van der Waals surface area contributed by atoms with E-state index in [-0.39, 0.29) is 23.0 Å². The van der Waals surface area contributed by atoms with Crippen molar-refractivity contribution in [2.24, 2.45) is 0 Å². The topological polar surface area (TPSA) is 96.0 Å². The molecule has 3 aromatic rings. The van der Waals surface area contributed by atoms with Crippen molar-refractivity contribution in [1.82, 2.24) is 10.2 Å². The molecule has 1 atom stereocenters. The van der Waals surface area contributed by atoms with E-state index in [1.165, 1.54) is 17.0 Å². The van der Waals surface area contributed by atoms with E-state index in [0.717, 1.165) is 9.87 Å². The summed E-state index contributed by atoms with van der Waals surface area (Å²) < 4.78 is 34.6. The van der Waals surface area contributed by atoms with E-state index in [2.05, 4.69) is 5.32 Å². The van der Waals surface area contributed by atoms with Gasteiger partial charge in [-0.1, -0.05) is 60.7 Å². The SMILES string of the molecule is CCOc1ccccc1N(CC(=O)N(Cc1ccccc1)[C@@H](C)C(=O)NC(C)(C)C)S(=O)(=O)c1ccccc1. The summed E-state index contributed by atoms with van der Waals surface area (Å²) in [6.45, 7) is 8.95. The lowest BCUT2D eigenvalue weighted by atomic mass is 10.1. The summed E-state index contributed by atoms with van der Waals surface area (Å²) in [5, 5.41) is 2.92. The zero-order chi connectivity index (χ0) is 28.6. The molecule has 8 nitrogen and oxygen atoms in total. The zero-order valence-electron chi connectivity index (χ0n) is 23.1. The van der Waals surface area contributed by atoms with Crippen LogP contribution < -0.4 is 14.4 Å². The highest BCUT2D eigenvalue weighted by Gasteiger charge is 2.34. The van der Waals surface area contributed by atoms with Crippen LogP contribution in [0.2, 0.25) is 0 Å². The number of carbonyl (C=O) groups excluding carboxylic acids is 2. The molecule has 0 fully saturated rings. The number of anilines is 1. The van der Waals surface area contributed by atoms with Crippen molar-refractivity contribution >= 4 is 27.5 Å². The molecule has 3 aromatic carbocycles. The summed E-state index contributed by atoms with van der Waals surface area (Å²) in [6.07, 6.45) is 0. The highest BCUT2D eigenvalue weighted by molar-refractivity contribution is 7.92. The molecule has 0 aliphatic heterocycles. The van der Waals surface area contributed by atoms with E-state index in [0.29, 0.717) is 12.4 Å². The monoisotopic (exact) mass is 551 g/mol. The first-order valence-corrected chi connectivity index (χ1v) is 14.3. The molecule has 39 heavy (non-hydrogen) atoms. The number of nitrogens with zero attached hydrogens (tertiary/aromatic N) is 2. The zero-order valence-corrected chi connectivity index (χ0v) is 23.9. The van der Waals surface area contributed by atoms with E-state index in [1.807, 2.05) is 51.1 Å². The first kappa shape index (κ1) is 29.7. The Labute approximate surface area is 231 Å². The summed E-state index contributed by atoms with van der Waals surface area (Å²) in [7, 11) is -4.17. The third-order valence-electron chi connectivity index (χ3n) is 5.91. The molecule has 2 amide bonds. The Hall–Kier alpha value is -3.85. The highest BCUT2D eigenvalue weighted by Crippen LogP contribution is 2.32. The lowest BCUT2D eigenvalue weighted by Crippen LogP contribution is -2.54. The smallest absolute Gasteiger partial charge is 0.264 e. The standard InChI is InChI=1S/C30H37N3O5S/c1-6-38-27-20-14-13-19-26(27)33(39(36,37)25-17-11-8-12-18-25)22-28(34)32(21-24-15-9-7-10-16-24)23(2)29(35)31-30(3,4)5/h7-20,23H,6,21-22H2,1-5H3,(H,31,35)/t23-/m0/s1. The molecule has 0 spiro atoms. The molecule has 0 saturated carbocycles. The number of ether oxygens (including phenoxy) is 1. The fraction of sp³-hybridized carbons (Fsp3) is 0.333. The maximum absolute atomic E-state index is 14.0. The molecule has 208 valence electrons. The second kappa shape index (κ2) is 12.8. The lowest BCUT2D eigenvalue weighted by molar-refractivity contribution is -0.140. The summed E-state index contributed by atoms with van der Waals surface area (Å²) in [5.74, 6) is -0.527. The van der Waals surface area contributed by atoms with Gasteiger partial charge in [-0.05, 0) is 64.4 Å². The van der Waals surface area contributed by atoms with Crippen molar-refractivity contribution in [1.29, 1.82) is 0 Å². The van der Waals surface area contributed by atoms with Gasteiger partial charge in [0.1, 0.15) is 18.3 Å². The maximum Gasteiger partial charge on any atom is 0.264 e. The Balaban J connectivity index is 2.06. The maximum atomic E-state index is 14.0. The lowest BCUT2D eigenvalue weighted by Gasteiger charge is -2.33. The first-order chi connectivity index (χ1) is 18.4. The normalized spacial score (nSPS) is 12.3. The van der Waals surface area contributed by atoms with E-state index in [4.69, 9.17) is 4.74 Å². The van der Waals surface area contributed by atoms with Crippen molar-refractivity contribution in [3.63, 3.8) is 0 Å². The molecular weight excluding hydrogens is 514 g/mol. The van der Waals surface area contributed by atoms with E-state index >= 15 is 0 Å². The molecule has 0 radical (unpaired) electrons. The van der Waals surface area contributed by atoms with E-state index in [9.17, 15) is 18.0 Å². The number of sulfonamides is 1. The van der Waals surface area contributed by atoms with Gasteiger partial charge in [-0.2, -0.15) is 0 Å². The molecule has 1 N–H and O–H groups in total. The quantitative estimate of drug-likeness (QED) is 0.375. The largest absolute Gasteiger partial charge is 0.492 e. The molecule has 0 aromatic heterocycles. The predicted molar refractivity (Wildman–Crippen MR) is 153 cm³/mol. The number of rotatable bonds is 11. The number of para-hydroxylation sites is 2. The second-order valence-corrected chi connectivity index (χ2v) is 12.0. The Bertz CT molecular complexity index is 1360. The molecule has 0 aliphatic rings. The minimum atomic E-state index is -4.17. The number of nitrogens with one attached hydrogen (secondary N) is 1. The van der Waals surface area contributed by atoms with Crippen LogP contribution in [0, 0.1) is 0 Å². The number of amides is 2. The van der Waals surface area contributed by atoms with Gasteiger partial charge in [-0.3, -0.25) is 13.9 Å². The van der Waals surface area contributed by atoms with Gasteiger partial charge >= 0.3 is 0 Å². The summed E-state index contributed by atoms with van der Waals surface area (Å²) in [6, 6.07) is 23.1. The van der Waals surface area contributed by atoms with Crippen LogP contribution in [-0.2, 0) is 26.2 Å². The third kappa shape index (κ3) is 7.83. The minimum Gasteiger partial charge on any atom is -0.492 e. The number of hydrogen-bond acceptors (Lipinski definition) is 5. The average molecular weight is 552 g/mol. The fourth-order valence-electron chi connectivity index (χ4n) is 4.01. The Morgan fingerprint density at radius 3 is 2.05 bits per heavy atom. The van der Waals surface area contributed by atoms with Gasteiger partial charge in [-0.15, -0.1) is 0 Å². The van der Waals surface area contributed by atoms with Crippen molar-refractivity contribution < 1.29 is 22.7 Å². The van der Waals surface area contributed by atoms with E-state index < -0.39 is 34.1 Å². The van der Waals surface area contributed by atoms with Gasteiger partial charge in [0, 0.05) is 12.1 Å². The predicted octanol–water partition coefficient (Wildman–Crippen LogP) is 4.61. The Kier molecular flexibility index (Phi) is 9.75. The van der Waals surface area contributed by atoms with Gasteiger partial charge in [0.05, 0.1) is 17.2 Å². The second-order valence-electron chi connectivity index (χ2n) is 10.1. The molecule has 0 unspecified atom stereocenters. The molecule has 0 saturated heterocycles. The van der Waals surface area contributed by atoms with Gasteiger partial charge in [0.15, 0.2) is 0 Å². The Morgan fingerprint density at radius 2 is 1.46 bits per heavy atom. The Morgan fingerprint density at radius 1 is 0.897 bits per heavy atom. The molecule has 9 heteroatoms. The van der Waals surface area contributed by atoms with Gasteiger partial charge in [0.25, 0.3) is 10.0 Å². The van der Waals surface area contributed by atoms with Crippen molar-refractivity contribution in [2.75, 3.05) is 17.5 Å². The number of benzene rings is 3. The summed E-state index contributed by atoms with van der Waals surface area (Å²) in [4.78, 5) is 28.6. The van der Waals surface area contributed by atoms with Crippen LogP contribution >= 0.6 is 0 Å². The third-order valence-corrected chi connectivity index (χ3v) is 7.68. The van der Waals surface area contributed by atoms with Crippen LogP contribution in [0.3, 0.4) is 0 Å². The van der Waals surface area contributed by atoms with Crippen LogP contribution in [0.25, 0.3) is 0 Å². The van der Waals surface area contributed by atoms with Crippen molar-refractivity contribution in [3.05, 3.63) is 90.5 Å². The molecule has 0 bridgehead atoms. The first-order valence-electron chi connectivity index (χ1n) is 12.9. The summed E-state index contributed by atoms with van der Waals surface area (Å²) in [5.41, 5.74) is 0.544. The van der Waals surface area contributed by atoms with Gasteiger partial charge < -0.3 is 15.0 Å².